The highest BCUT2D eigenvalue weighted by Crippen LogP contribution is 2.52. The Morgan fingerprint density at radius 3 is 2.61 bits per heavy atom. The zero-order valence-corrected chi connectivity index (χ0v) is 13.6. The van der Waals surface area contributed by atoms with Crippen molar-refractivity contribution in [1.82, 2.24) is 0 Å². The Bertz CT molecular complexity index is 753. The van der Waals surface area contributed by atoms with Crippen LogP contribution in [0.1, 0.15) is 23.7 Å². The van der Waals surface area contributed by atoms with E-state index < -0.39 is 23.1 Å². The largest absolute Gasteiger partial charge is 0.506 e. The molecule has 0 bridgehead atoms. The molecule has 0 fully saturated rings. The Morgan fingerprint density at radius 2 is 2.04 bits per heavy atom. The van der Waals surface area contributed by atoms with Crippen molar-refractivity contribution in [3.05, 3.63) is 28.5 Å². The summed E-state index contributed by atoms with van der Waals surface area (Å²) in [7, 11) is 2.82. The maximum Gasteiger partial charge on any atom is 0.236 e. The predicted octanol–water partition coefficient (Wildman–Crippen LogP) is 2.51. The van der Waals surface area contributed by atoms with Gasteiger partial charge < -0.3 is 19.3 Å². The van der Waals surface area contributed by atoms with Crippen LogP contribution in [0.2, 0.25) is 5.02 Å². The number of halogens is 1. The maximum atomic E-state index is 13.0. The van der Waals surface area contributed by atoms with Crippen molar-refractivity contribution in [2.75, 3.05) is 14.2 Å². The molecule has 0 saturated carbocycles. The number of fused-ring (bicyclic) bond motifs is 1. The zero-order valence-electron chi connectivity index (χ0n) is 12.8. The van der Waals surface area contributed by atoms with E-state index in [0.717, 1.165) is 0 Å². The second-order valence-corrected chi connectivity index (χ2v) is 5.95. The fraction of sp³-hybridized carbons (Fsp3) is 0.375. The van der Waals surface area contributed by atoms with Crippen LogP contribution >= 0.6 is 11.6 Å². The molecule has 122 valence electrons. The number of phenols is 1. The van der Waals surface area contributed by atoms with Gasteiger partial charge in [-0.05, 0) is 0 Å². The number of methoxy groups -OCH3 is 2. The number of hydrogen-bond acceptors (Lipinski definition) is 6. The molecular formula is C16H15ClO6. The highest BCUT2D eigenvalue weighted by Gasteiger charge is 2.60. The molecule has 1 spiro atoms. The molecule has 1 heterocycles. The lowest BCUT2D eigenvalue weighted by Crippen LogP contribution is -2.54. The molecule has 23 heavy (non-hydrogen) atoms. The van der Waals surface area contributed by atoms with Gasteiger partial charge in [0.1, 0.15) is 22.1 Å². The summed E-state index contributed by atoms with van der Waals surface area (Å²) in [4.78, 5) is 25.6. The summed E-state index contributed by atoms with van der Waals surface area (Å²) in [5.74, 6) is -1.19. The van der Waals surface area contributed by atoms with Crippen molar-refractivity contribution in [2.24, 2.45) is 5.92 Å². The second kappa shape index (κ2) is 5.16. The van der Waals surface area contributed by atoms with Gasteiger partial charge in [0, 0.05) is 24.5 Å². The Balaban J connectivity index is 2.20. The van der Waals surface area contributed by atoms with E-state index in [0.29, 0.717) is 12.2 Å². The number of Topliss-reactive ketones (excluding diaryl/α,β-unsaturated/α-hetero) is 1. The summed E-state index contributed by atoms with van der Waals surface area (Å²) in [6.07, 6.45) is 1.64. The lowest BCUT2D eigenvalue weighted by molar-refractivity contribution is -0.129. The van der Waals surface area contributed by atoms with Crippen LogP contribution in [0.15, 0.2) is 17.9 Å². The number of aromatic hydroxyl groups is 1. The molecule has 0 saturated heterocycles. The molecule has 6 nitrogen and oxygen atoms in total. The number of allylic oxidation sites excluding steroid dienone is 1. The van der Waals surface area contributed by atoms with Gasteiger partial charge in [0.2, 0.25) is 17.2 Å². The van der Waals surface area contributed by atoms with E-state index in [2.05, 4.69) is 0 Å². The van der Waals surface area contributed by atoms with E-state index in [1.165, 1.54) is 26.4 Å². The number of rotatable bonds is 2. The minimum absolute atomic E-state index is 0.0250. The van der Waals surface area contributed by atoms with Crippen LogP contribution in [-0.2, 0) is 9.53 Å². The molecule has 1 aromatic carbocycles. The van der Waals surface area contributed by atoms with Gasteiger partial charge in [-0.25, -0.2) is 0 Å². The van der Waals surface area contributed by atoms with Crippen molar-refractivity contribution in [3.8, 4) is 17.2 Å². The van der Waals surface area contributed by atoms with Crippen LogP contribution in [0.25, 0.3) is 0 Å². The Hall–Kier alpha value is -2.21. The molecule has 1 aromatic rings. The normalized spacial score (nSPS) is 25.9. The molecule has 1 aliphatic heterocycles. The smallest absolute Gasteiger partial charge is 0.236 e. The number of phenolic OH excluding ortho intramolecular Hbond substituents is 1. The molecule has 0 aromatic heterocycles. The first kappa shape index (κ1) is 15.7. The van der Waals surface area contributed by atoms with Crippen LogP contribution < -0.4 is 9.47 Å². The summed E-state index contributed by atoms with van der Waals surface area (Å²) < 4.78 is 16.0. The first-order chi connectivity index (χ1) is 10.9. The van der Waals surface area contributed by atoms with Crippen molar-refractivity contribution < 1.29 is 28.9 Å². The van der Waals surface area contributed by atoms with Gasteiger partial charge in [0.25, 0.3) is 0 Å². The molecular weight excluding hydrogens is 324 g/mol. The first-order valence-electron chi connectivity index (χ1n) is 6.99. The molecule has 0 radical (unpaired) electrons. The number of carbonyl (C=O) groups excluding carboxylic acids is 2. The highest BCUT2D eigenvalue weighted by atomic mass is 35.5. The van der Waals surface area contributed by atoms with Gasteiger partial charge in [0.15, 0.2) is 5.75 Å². The van der Waals surface area contributed by atoms with E-state index >= 15 is 0 Å². The third kappa shape index (κ3) is 1.94. The summed E-state index contributed by atoms with van der Waals surface area (Å²) in [6.45, 7) is 1.73. The van der Waals surface area contributed by atoms with Gasteiger partial charge in [-0.2, -0.15) is 0 Å². The maximum absolute atomic E-state index is 13.0. The Labute approximate surface area is 137 Å². The van der Waals surface area contributed by atoms with Crippen LogP contribution in [0.3, 0.4) is 0 Å². The lowest BCUT2D eigenvalue weighted by Gasteiger charge is -2.34. The third-order valence-corrected chi connectivity index (χ3v) is 4.70. The minimum Gasteiger partial charge on any atom is -0.506 e. The minimum atomic E-state index is -1.70. The monoisotopic (exact) mass is 338 g/mol. The highest BCUT2D eigenvalue weighted by molar-refractivity contribution is 6.36. The lowest BCUT2D eigenvalue weighted by atomic mass is 9.75. The second-order valence-electron chi connectivity index (χ2n) is 5.57. The third-order valence-electron chi connectivity index (χ3n) is 4.33. The van der Waals surface area contributed by atoms with Crippen molar-refractivity contribution >= 4 is 23.2 Å². The number of benzene rings is 1. The average molecular weight is 339 g/mol. The van der Waals surface area contributed by atoms with Crippen LogP contribution in [0, 0.1) is 5.92 Å². The van der Waals surface area contributed by atoms with Crippen LogP contribution in [0.4, 0.5) is 0 Å². The molecule has 1 N–H and O–H groups in total. The van der Waals surface area contributed by atoms with Gasteiger partial charge in [-0.1, -0.05) is 18.5 Å². The van der Waals surface area contributed by atoms with Gasteiger partial charge in [-0.15, -0.1) is 0 Å². The van der Waals surface area contributed by atoms with Gasteiger partial charge >= 0.3 is 0 Å². The summed E-state index contributed by atoms with van der Waals surface area (Å²) in [5, 5.41) is 9.74. The summed E-state index contributed by atoms with van der Waals surface area (Å²) in [5.41, 5.74) is -1.63. The van der Waals surface area contributed by atoms with Crippen LogP contribution in [0.5, 0.6) is 17.2 Å². The van der Waals surface area contributed by atoms with Gasteiger partial charge in [0.05, 0.1) is 20.0 Å². The standard InChI is InChI=1S/C16H15ClO6/c1-7-4-8(21-2)5-11(19)16(7)15(20)12-10(22-3)6-9(18)13(17)14(12)23-16/h5-7,18H,4H2,1-3H3/t7-,16+/m1/s1. The van der Waals surface area contributed by atoms with Crippen molar-refractivity contribution in [3.63, 3.8) is 0 Å². The van der Waals surface area contributed by atoms with E-state index in [1.807, 2.05) is 0 Å². The topological polar surface area (TPSA) is 82.1 Å². The number of ether oxygens (including phenoxy) is 3. The molecule has 0 unspecified atom stereocenters. The molecule has 7 heteroatoms. The Morgan fingerprint density at radius 1 is 1.35 bits per heavy atom. The molecule has 1 aliphatic carbocycles. The van der Waals surface area contributed by atoms with Gasteiger partial charge in [-0.3, -0.25) is 9.59 Å². The molecule has 0 amide bonds. The average Bonchev–Trinajstić information content (AvgIpc) is 2.84. The molecule has 2 aliphatic rings. The van der Waals surface area contributed by atoms with Crippen LogP contribution in [-0.4, -0.2) is 36.5 Å². The summed E-state index contributed by atoms with van der Waals surface area (Å²) >= 11 is 6.05. The van der Waals surface area contributed by atoms with E-state index in [-0.39, 0.29) is 27.8 Å². The summed E-state index contributed by atoms with van der Waals surface area (Å²) in [6, 6.07) is 1.23. The SMILES string of the molecule is COC1=CC(=O)[C@@]2(Oc3c(Cl)c(O)cc(OC)c3C2=O)[C@H](C)C1. The number of carbonyl (C=O) groups is 2. The van der Waals surface area contributed by atoms with Crippen molar-refractivity contribution in [2.45, 2.75) is 18.9 Å². The van der Waals surface area contributed by atoms with E-state index in [4.69, 9.17) is 25.8 Å². The Kier molecular flexibility index (Phi) is 3.52. The molecule has 3 rings (SSSR count). The van der Waals surface area contributed by atoms with E-state index in [9.17, 15) is 14.7 Å². The molecule has 2 atom stereocenters. The quantitative estimate of drug-likeness (QED) is 0.834. The fourth-order valence-electron chi connectivity index (χ4n) is 3.09. The first-order valence-corrected chi connectivity index (χ1v) is 7.36. The predicted molar refractivity (Wildman–Crippen MR) is 81.2 cm³/mol. The zero-order chi connectivity index (χ0) is 16.9. The van der Waals surface area contributed by atoms with Crippen molar-refractivity contribution in [1.29, 1.82) is 0 Å². The van der Waals surface area contributed by atoms with E-state index in [1.54, 1.807) is 6.92 Å². The number of ketones is 2. The number of hydrogen-bond donors (Lipinski definition) is 1. The fourth-order valence-corrected chi connectivity index (χ4v) is 3.28.